The Labute approximate surface area is 121 Å². The molecule has 0 bridgehead atoms. The Hall–Kier alpha value is -1.68. The van der Waals surface area contributed by atoms with Crippen molar-refractivity contribution >= 4 is 33.0 Å². The van der Waals surface area contributed by atoms with E-state index in [9.17, 15) is 0 Å². The quantitative estimate of drug-likeness (QED) is 0.816. The van der Waals surface area contributed by atoms with E-state index in [0.717, 1.165) is 21.6 Å². The maximum Gasteiger partial charge on any atom is 0.123 e. The second-order valence-electron chi connectivity index (χ2n) is 4.29. The predicted octanol–water partition coefficient (Wildman–Crippen LogP) is 4.48. The minimum absolute atomic E-state index is 0.622. The largest absolute Gasteiger partial charge is 0.494 e. The fourth-order valence-corrected chi connectivity index (χ4v) is 2.21. The fourth-order valence-electron chi connectivity index (χ4n) is 1.84. The lowest BCUT2D eigenvalue weighted by Crippen LogP contribution is -1.97. The summed E-state index contributed by atoms with van der Waals surface area (Å²) in [4.78, 5) is 0. The van der Waals surface area contributed by atoms with Crippen molar-refractivity contribution in [2.45, 2.75) is 13.8 Å². The van der Waals surface area contributed by atoms with Gasteiger partial charge in [0.1, 0.15) is 5.75 Å². The SMILES string of the molecule is CCOc1cc(N)cc(Nc2cccc(C)c2Br)c1. The van der Waals surface area contributed by atoms with E-state index in [1.54, 1.807) is 0 Å². The van der Waals surface area contributed by atoms with Gasteiger partial charge >= 0.3 is 0 Å². The molecule has 0 atom stereocenters. The first-order chi connectivity index (χ1) is 9.10. The number of hydrogen-bond donors (Lipinski definition) is 2. The smallest absolute Gasteiger partial charge is 0.123 e. The van der Waals surface area contributed by atoms with Crippen LogP contribution in [-0.2, 0) is 0 Å². The van der Waals surface area contributed by atoms with Gasteiger partial charge in [0.25, 0.3) is 0 Å². The summed E-state index contributed by atoms with van der Waals surface area (Å²) in [6.45, 7) is 4.63. The molecule has 2 rings (SSSR count). The third kappa shape index (κ3) is 3.41. The van der Waals surface area contributed by atoms with Gasteiger partial charge in [0, 0.05) is 28.0 Å². The molecule has 0 fully saturated rings. The molecule has 3 N–H and O–H groups in total. The van der Waals surface area contributed by atoms with Crippen molar-refractivity contribution in [1.82, 2.24) is 0 Å². The number of nitrogen functional groups attached to an aromatic ring is 1. The molecule has 19 heavy (non-hydrogen) atoms. The van der Waals surface area contributed by atoms with E-state index in [1.165, 1.54) is 5.56 Å². The predicted molar refractivity (Wildman–Crippen MR) is 84.2 cm³/mol. The highest BCUT2D eigenvalue weighted by Gasteiger charge is 2.04. The number of anilines is 3. The lowest BCUT2D eigenvalue weighted by atomic mass is 10.2. The third-order valence-electron chi connectivity index (χ3n) is 2.71. The van der Waals surface area contributed by atoms with Crippen LogP contribution in [0.15, 0.2) is 40.9 Å². The second-order valence-corrected chi connectivity index (χ2v) is 5.08. The number of aryl methyl sites for hydroxylation is 1. The number of nitrogens with one attached hydrogen (secondary N) is 1. The summed E-state index contributed by atoms with van der Waals surface area (Å²) in [6.07, 6.45) is 0. The van der Waals surface area contributed by atoms with Crippen LogP contribution in [0.25, 0.3) is 0 Å². The van der Waals surface area contributed by atoms with Crippen LogP contribution in [0.3, 0.4) is 0 Å². The summed E-state index contributed by atoms with van der Waals surface area (Å²) in [7, 11) is 0. The molecule has 0 saturated heterocycles. The van der Waals surface area contributed by atoms with E-state index in [0.29, 0.717) is 12.3 Å². The maximum atomic E-state index is 5.88. The number of rotatable bonds is 4. The van der Waals surface area contributed by atoms with Gasteiger partial charge < -0.3 is 15.8 Å². The summed E-state index contributed by atoms with van der Waals surface area (Å²) in [5.74, 6) is 0.772. The van der Waals surface area contributed by atoms with E-state index in [2.05, 4.69) is 34.2 Å². The Kier molecular flexibility index (Phi) is 4.32. The Balaban J connectivity index is 2.30. The molecule has 2 aromatic rings. The highest BCUT2D eigenvalue weighted by molar-refractivity contribution is 9.10. The Morgan fingerprint density at radius 1 is 1.26 bits per heavy atom. The molecule has 2 aromatic carbocycles. The number of hydrogen-bond acceptors (Lipinski definition) is 3. The summed E-state index contributed by atoms with van der Waals surface area (Å²) >= 11 is 3.58. The number of nitrogens with two attached hydrogens (primary N) is 1. The van der Waals surface area contributed by atoms with Crippen LogP contribution in [0.2, 0.25) is 0 Å². The van der Waals surface area contributed by atoms with E-state index in [-0.39, 0.29) is 0 Å². The summed E-state index contributed by atoms with van der Waals surface area (Å²) < 4.78 is 6.54. The molecule has 100 valence electrons. The van der Waals surface area contributed by atoms with Crippen molar-refractivity contribution in [2.24, 2.45) is 0 Å². The van der Waals surface area contributed by atoms with Gasteiger partial charge in [0.05, 0.1) is 12.3 Å². The Morgan fingerprint density at radius 2 is 2.05 bits per heavy atom. The van der Waals surface area contributed by atoms with Crippen molar-refractivity contribution in [1.29, 1.82) is 0 Å². The van der Waals surface area contributed by atoms with Crippen LogP contribution >= 0.6 is 15.9 Å². The van der Waals surface area contributed by atoms with Gasteiger partial charge in [0.15, 0.2) is 0 Å². The molecular weight excluding hydrogens is 304 g/mol. The van der Waals surface area contributed by atoms with Crippen molar-refractivity contribution in [2.75, 3.05) is 17.7 Å². The van der Waals surface area contributed by atoms with E-state index < -0.39 is 0 Å². The number of ether oxygens (including phenoxy) is 1. The number of benzene rings is 2. The monoisotopic (exact) mass is 320 g/mol. The third-order valence-corrected chi connectivity index (χ3v) is 3.76. The zero-order valence-electron chi connectivity index (χ0n) is 11.0. The molecule has 0 radical (unpaired) electrons. The Bertz CT molecular complexity index is 584. The van der Waals surface area contributed by atoms with Crippen molar-refractivity contribution in [3.05, 3.63) is 46.4 Å². The first-order valence-electron chi connectivity index (χ1n) is 6.15. The van der Waals surface area contributed by atoms with Crippen molar-refractivity contribution in [3.8, 4) is 5.75 Å². The lowest BCUT2D eigenvalue weighted by Gasteiger charge is -2.12. The van der Waals surface area contributed by atoms with Gasteiger partial charge in [-0.05, 0) is 47.5 Å². The fraction of sp³-hybridized carbons (Fsp3) is 0.200. The standard InChI is InChI=1S/C15H17BrN2O/c1-3-19-13-8-11(17)7-12(9-13)18-14-6-4-5-10(2)15(14)16/h4-9,18H,3,17H2,1-2H3. The first-order valence-corrected chi connectivity index (χ1v) is 6.95. The Morgan fingerprint density at radius 3 is 2.79 bits per heavy atom. The molecule has 0 aromatic heterocycles. The van der Waals surface area contributed by atoms with Gasteiger partial charge in [-0.1, -0.05) is 12.1 Å². The highest BCUT2D eigenvalue weighted by Crippen LogP contribution is 2.31. The molecule has 3 nitrogen and oxygen atoms in total. The molecule has 0 heterocycles. The zero-order valence-corrected chi connectivity index (χ0v) is 12.6. The summed E-state index contributed by atoms with van der Waals surface area (Å²) in [6, 6.07) is 11.7. The van der Waals surface area contributed by atoms with Gasteiger partial charge in [-0.25, -0.2) is 0 Å². The maximum absolute atomic E-state index is 5.88. The highest BCUT2D eigenvalue weighted by atomic mass is 79.9. The van der Waals surface area contributed by atoms with Crippen LogP contribution in [-0.4, -0.2) is 6.61 Å². The first kappa shape index (κ1) is 13.7. The van der Waals surface area contributed by atoms with Gasteiger partial charge in [-0.2, -0.15) is 0 Å². The van der Waals surface area contributed by atoms with Crippen LogP contribution in [0, 0.1) is 6.92 Å². The molecule has 0 unspecified atom stereocenters. The molecule has 0 saturated carbocycles. The average Bonchev–Trinajstić information content (AvgIpc) is 2.35. The van der Waals surface area contributed by atoms with Gasteiger partial charge in [0.2, 0.25) is 0 Å². The lowest BCUT2D eigenvalue weighted by molar-refractivity contribution is 0.340. The molecule has 0 aliphatic carbocycles. The van der Waals surface area contributed by atoms with Crippen LogP contribution in [0.1, 0.15) is 12.5 Å². The summed E-state index contributed by atoms with van der Waals surface area (Å²) in [5.41, 5.74) is 9.66. The normalized spacial score (nSPS) is 10.3. The minimum atomic E-state index is 0.622. The van der Waals surface area contributed by atoms with E-state index >= 15 is 0 Å². The van der Waals surface area contributed by atoms with E-state index in [1.807, 2.05) is 37.3 Å². The van der Waals surface area contributed by atoms with E-state index in [4.69, 9.17) is 10.5 Å². The summed E-state index contributed by atoms with van der Waals surface area (Å²) in [5, 5.41) is 3.35. The number of halogens is 1. The molecule has 0 spiro atoms. The van der Waals surface area contributed by atoms with Crippen LogP contribution in [0.4, 0.5) is 17.1 Å². The molecular formula is C15H17BrN2O. The zero-order chi connectivity index (χ0) is 13.8. The van der Waals surface area contributed by atoms with Crippen LogP contribution < -0.4 is 15.8 Å². The minimum Gasteiger partial charge on any atom is -0.494 e. The molecule has 0 amide bonds. The van der Waals surface area contributed by atoms with Crippen molar-refractivity contribution < 1.29 is 4.74 Å². The molecule has 0 aliphatic rings. The van der Waals surface area contributed by atoms with Crippen molar-refractivity contribution in [3.63, 3.8) is 0 Å². The average molecular weight is 321 g/mol. The molecule has 4 heteroatoms. The molecule has 0 aliphatic heterocycles. The topological polar surface area (TPSA) is 47.3 Å². The van der Waals surface area contributed by atoms with Crippen LogP contribution in [0.5, 0.6) is 5.75 Å². The van der Waals surface area contributed by atoms with Gasteiger partial charge in [-0.15, -0.1) is 0 Å². The van der Waals surface area contributed by atoms with Gasteiger partial charge in [-0.3, -0.25) is 0 Å². The second kappa shape index (κ2) is 5.97.